The fraction of sp³-hybridized carbons (Fsp3) is 0.500. The van der Waals surface area contributed by atoms with E-state index in [0.717, 1.165) is 30.4 Å². The molecule has 0 saturated heterocycles. The molecule has 0 aromatic heterocycles. The van der Waals surface area contributed by atoms with Crippen molar-refractivity contribution in [2.75, 3.05) is 13.1 Å². The first-order chi connectivity index (χ1) is 8.65. The molecule has 1 rings (SSSR count). The average molecular weight is 440 g/mol. The third kappa shape index (κ3) is 7.77. The van der Waals surface area contributed by atoms with E-state index in [1.54, 1.807) is 0 Å². The van der Waals surface area contributed by atoms with Gasteiger partial charge in [-0.2, -0.15) is 0 Å². The van der Waals surface area contributed by atoms with Crippen molar-refractivity contribution in [3.63, 3.8) is 0 Å². The Kier molecular flexibility index (Phi) is 10.3. The van der Waals surface area contributed by atoms with Crippen LogP contribution in [0.4, 0.5) is 0 Å². The maximum absolute atomic E-state index is 5.74. The van der Waals surface area contributed by atoms with Crippen molar-refractivity contribution in [3.05, 3.63) is 34.3 Å². The molecule has 0 saturated carbocycles. The molecule has 1 aromatic rings. The largest absolute Gasteiger partial charge is 0.370 e. The average Bonchev–Trinajstić information content (AvgIpc) is 2.35. The smallest absolute Gasteiger partial charge is 0.188 e. The van der Waals surface area contributed by atoms with Crippen molar-refractivity contribution in [2.24, 2.45) is 16.6 Å². The first-order valence-electron chi connectivity index (χ1n) is 6.43. The molecule has 0 radical (unpaired) electrons. The van der Waals surface area contributed by atoms with E-state index in [9.17, 15) is 0 Å². The Labute approximate surface area is 141 Å². The normalized spacial score (nSPS) is 12.7. The second-order valence-electron chi connectivity index (χ2n) is 4.36. The highest BCUT2D eigenvalue weighted by Gasteiger charge is 2.07. The van der Waals surface area contributed by atoms with Crippen molar-refractivity contribution in [2.45, 2.75) is 26.7 Å². The molecule has 5 heteroatoms. The van der Waals surface area contributed by atoms with Crippen LogP contribution in [0.5, 0.6) is 0 Å². The van der Waals surface area contributed by atoms with Crippen LogP contribution in [-0.4, -0.2) is 19.0 Å². The molecule has 0 spiro atoms. The molecule has 0 aliphatic carbocycles. The van der Waals surface area contributed by atoms with Crippen molar-refractivity contribution in [3.8, 4) is 0 Å². The van der Waals surface area contributed by atoms with Gasteiger partial charge in [0.2, 0.25) is 0 Å². The van der Waals surface area contributed by atoms with Crippen LogP contribution in [0.1, 0.15) is 25.8 Å². The Morgan fingerprint density at radius 2 is 2.16 bits per heavy atom. The second kappa shape index (κ2) is 10.5. The quantitative estimate of drug-likeness (QED) is 0.404. The molecule has 1 atom stereocenters. The van der Waals surface area contributed by atoms with E-state index >= 15 is 0 Å². The van der Waals surface area contributed by atoms with Gasteiger partial charge in [-0.25, -0.2) is 0 Å². The number of rotatable bonds is 6. The summed E-state index contributed by atoms with van der Waals surface area (Å²) in [6.07, 6.45) is 2.15. The van der Waals surface area contributed by atoms with Gasteiger partial charge in [0.1, 0.15) is 0 Å². The summed E-state index contributed by atoms with van der Waals surface area (Å²) in [4.78, 5) is 4.38. The van der Waals surface area contributed by atoms with Gasteiger partial charge in [0, 0.05) is 17.6 Å². The molecule has 1 aromatic carbocycles. The Hall–Kier alpha value is -0.300. The van der Waals surface area contributed by atoms with E-state index in [0.29, 0.717) is 11.9 Å². The van der Waals surface area contributed by atoms with Crippen LogP contribution in [0.2, 0.25) is 0 Å². The molecule has 3 nitrogen and oxygen atoms in total. The van der Waals surface area contributed by atoms with Crippen LogP contribution >= 0.6 is 39.9 Å². The lowest BCUT2D eigenvalue weighted by atomic mass is 9.97. The Balaban J connectivity index is 0.00000324. The molecular weight excluding hydrogens is 417 g/mol. The van der Waals surface area contributed by atoms with Gasteiger partial charge in [-0.3, -0.25) is 4.99 Å². The van der Waals surface area contributed by atoms with Crippen LogP contribution in [0.15, 0.2) is 33.7 Å². The van der Waals surface area contributed by atoms with Gasteiger partial charge in [0.05, 0.1) is 0 Å². The highest BCUT2D eigenvalue weighted by Crippen LogP contribution is 2.17. The maximum Gasteiger partial charge on any atom is 0.188 e. The Morgan fingerprint density at radius 3 is 2.74 bits per heavy atom. The van der Waals surface area contributed by atoms with E-state index in [-0.39, 0.29) is 24.0 Å². The molecular formula is C14H23BrIN3. The standard InChI is InChI=1S/C14H22BrN3.HI/c1-3-11(10-18-14(16)17-4-2)8-12-6-5-7-13(15)9-12;/h5-7,9,11H,3-4,8,10H2,1-2H3,(H3,16,17,18);1H. The van der Waals surface area contributed by atoms with E-state index < -0.39 is 0 Å². The Morgan fingerprint density at radius 1 is 1.42 bits per heavy atom. The molecule has 19 heavy (non-hydrogen) atoms. The number of nitrogens with one attached hydrogen (secondary N) is 1. The molecule has 108 valence electrons. The van der Waals surface area contributed by atoms with Crippen molar-refractivity contribution >= 4 is 45.9 Å². The predicted octanol–water partition coefficient (Wildman–Crippen LogP) is 3.56. The fourth-order valence-electron chi connectivity index (χ4n) is 1.80. The summed E-state index contributed by atoms with van der Waals surface area (Å²) in [6.45, 7) is 5.81. The van der Waals surface area contributed by atoms with Crippen LogP contribution in [-0.2, 0) is 6.42 Å². The number of aliphatic imine (C=N–C) groups is 1. The molecule has 0 heterocycles. The van der Waals surface area contributed by atoms with E-state index in [4.69, 9.17) is 5.73 Å². The predicted molar refractivity (Wildman–Crippen MR) is 97.2 cm³/mol. The summed E-state index contributed by atoms with van der Waals surface area (Å²) < 4.78 is 1.13. The van der Waals surface area contributed by atoms with Crippen LogP contribution in [0, 0.1) is 5.92 Å². The van der Waals surface area contributed by atoms with Crippen molar-refractivity contribution in [1.82, 2.24) is 5.32 Å². The zero-order chi connectivity index (χ0) is 13.4. The number of halogens is 2. The lowest BCUT2D eigenvalue weighted by Crippen LogP contribution is -2.32. The number of hydrogen-bond donors (Lipinski definition) is 2. The van der Waals surface area contributed by atoms with Crippen LogP contribution in [0.3, 0.4) is 0 Å². The van der Waals surface area contributed by atoms with Gasteiger partial charge in [-0.05, 0) is 37.0 Å². The van der Waals surface area contributed by atoms with Crippen molar-refractivity contribution < 1.29 is 0 Å². The number of benzene rings is 1. The summed E-state index contributed by atoms with van der Waals surface area (Å²) in [5.74, 6) is 1.08. The minimum absolute atomic E-state index is 0. The molecule has 0 fully saturated rings. The molecule has 0 aliphatic rings. The number of hydrogen-bond acceptors (Lipinski definition) is 1. The molecule has 0 amide bonds. The van der Waals surface area contributed by atoms with E-state index in [1.165, 1.54) is 5.56 Å². The van der Waals surface area contributed by atoms with Gasteiger partial charge in [0.25, 0.3) is 0 Å². The minimum atomic E-state index is 0. The SMILES string of the molecule is CCNC(N)=NCC(CC)Cc1cccc(Br)c1.I. The lowest BCUT2D eigenvalue weighted by Gasteiger charge is -2.13. The zero-order valence-corrected chi connectivity index (χ0v) is 15.4. The second-order valence-corrected chi connectivity index (χ2v) is 5.28. The molecule has 0 bridgehead atoms. The van der Waals surface area contributed by atoms with Gasteiger partial charge in [-0.15, -0.1) is 24.0 Å². The van der Waals surface area contributed by atoms with Crippen molar-refractivity contribution in [1.29, 1.82) is 0 Å². The third-order valence-corrected chi connectivity index (χ3v) is 3.36. The maximum atomic E-state index is 5.74. The lowest BCUT2D eigenvalue weighted by molar-refractivity contribution is 0.518. The van der Waals surface area contributed by atoms with E-state index in [1.807, 2.05) is 13.0 Å². The summed E-state index contributed by atoms with van der Waals surface area (Å²) in [5.41, 5.74) is 7.08. The van der Waals surface area contributed by atoms with Gasteiger partial charge < -0.3 is 11.1 Å². The van der Waals surface area contributed by atoms with Crippen LogP contribution in [0.25, 0.3) is 0 Å². The van der Waals surface area contributed by atoms with Gasteiger partial charge in [0.15, 0.2) is 5.96 Å². The highest BCUT2D eigenvalue weighted by atomic mass is 127. The third-order valence-electron chi connectivity index (χ3n) is 2.87. The molecule has 3 N–H and O–H groups in total. The van der Waals surface area contributed by atoms with E-state index in [2.05, 4.69) is 51.4 Å². The fourth-order valence-corrected chi connectivity index (χ4v) is 2.25. The van der Waals surface area contributed by atoms with Gasteiger partial charge in [-0.1, -0.05) is 41.4 Å². The first-order valence-corrected chi connectivity index (χ1v) is 7.23. The summed E-state index contributed by atoms with van der Waals surface area (Å²) >= 11 is 3.50. The number of guanidine groups is 1. The molecule has 0 aliphatic heterocycles. The zero-order valence-electron chi connectivity index (χ0n) is 11.5. The summed E-state index contributed by atoms with van der Waals surface area (Å²) in [5, 5.41) is 3.02. The topological polar surface area (TPSA) is 50.4 Å². The summed E-state index contributed by atoms with van der Waals surface area (Å²) in [6, 6.07) is 8.44. The molecule has 1 unspecified atom stereocenters. The summed E-state index contributed by atoms with van der Waals surface area (Å²) in [7, 11) is 0. The monoisotopic (exact) mass is 439 g/mol. The minimum Gasteiger partial charge on any atom is -0.370 e. The van der Waals surface area contributed by atoms with Gasteiger partial charge >= 0.3 is 0 Å². The van der Waals surface area contributed by atoms with Crippen LogP contribution < -0.4 is 11.1 Å². The first kappa shape index (κ1) is 18.7. The number of nitrogens with two attached hydrogens (primary N) is 1. The highest BCUT2D eigenvalue weighted by molar-refractivity contribution is 14.0. The Bertz CT molecular complexity index is 396. The number of nitrogens with zero attached hydrogens (tertiary/aromatic N) is 1.